The number of allylic oxidation sites excluding steroid dienone is 3. The van der Waals surface area contributed by atoms with Crippen molar-refractivity contribution in [3.05, 3.63) is 23.8 Å². The molecule has 2 rings (SSSR count). The van der Waals surface area contributed by atoms with Crippen molar-refractivity contribution in [2.45, 2.75) is 51.4 Å². The summed E-state index contributed by atoms with van der Waals surface area (Å²) >= 11 is 0. The van der Waals surface area contributed by atoms with Gasteiger partial charge in [-0.2, -0.15) is 0 Å². The number of aliphatic carboxylic acids is 1. The molecular formula is C16H22F2O2. The molecule has 0 heterocycles. The summed E-state index contributed by atoms with van der Waals surface area (Å²) < 4.78 is 28.6. The Kier molecular flexibility index (Phi) is 4.61. The van der Waals surface area contributed by atoms with Gasteiger partial charge in [0, 0.05) is 12.3 Å². The van der Waals surface area contributed by atoms with Gasteiger partial charge >= 0.3 is 5.97 Å². The Bertz CT molecular complexity index is 426. The van der Waals surface area contributed by atoms with Crippen molar-refractivity contribution in [3.63, 3.8) is 0 Å². The minimum atomic E-state index is -2.66. The van der Waals surface area contributed by atoms with Crippen LogP contribution in [-0.2, 0) is 4.79 Å². The van der Waals surface area contributed by atoms with E-state index in [1.807, 2.05) is 6.92 Å². The highest BCUT2D eigenvalue weighted by molar-refractivity contribution is 5.73. The lowest BCUT2D eigenvalue weighted by molar-refractivity contribution is -0.139. The average Bonchev–Trinajstić information content (AvgIpc) is 2.38. The molecule has 1 fully saturated rings. The maximum atomic E-state index is 14.3. The highest BCUT2D eigenvalue weighted by atomic mass is 19.3. The lowest BCUT2D eigenvalue weighted by Gasteiger charge is -2.37. The van der Waals surface area contributed by atoms with Crippen LogP contribution >= 0.6 is 0 Å². The predicted molar refractivity (Wildman–Crippen MR) is 73.7 cm³/mol. The van der Waals surface area contributed by atoms with Crippen molar-refractivity contribution < 1.29 is 18.7 Å². The van der Waals surface area contributed by atoms with E-state index >= 15 is 0 Å². The van der Waals surface area contributed by atoms with Crippen molar-refractivity contribution in [2.24, 2.45) is 17.8 Å². The maximum absolute atomic E-state index is 14.3. The molecular weight excluding hydrogens is 262 g/mol. The number of carboxylic acids is 1. The van der Waals surface area contributed by atoms with Crippen LogP contribution in [0.4, 0.5) is 8.78 Å². The van der Waals surface area contributed by atoms with Crippen LogP contribution in [0, 0.1) is 17.8 Å². The molecule has 0 amide bonds. The molecule has 0 aromatic rings. The van der Waals surface area contributed by atoms with Gasteiger partial charge in [0.25, 0.3) is 5.92 Å². The third kappa shape index (κ3) is 3.28. The summed E-state index contributed by atoms with van der Waals surface area (Å²) in [6, 6.07) is 0. The van der Waals surface area contributed by atoms with E-state index in [1.54, 1.807) is 18.2 Å². The van der Waals surface area contributed by atoms with Gasteiger partial charge in [-0.3, -0.25) is 4.79 Å². The summed E-state index contributed by atoms with van der Waals surface area (Å²) in [5.74, 6) is -4.73. The highest BCUT2D eigenvalue weighted by Gasteiger charge is 2.46. The zero-order chi connectivity index (χ0) is 14.8. The van der Waals surface area contributed by atoms with Gasteiger partial charge in [0.05, 0.1) is 5.92 Å². The number of halogens is 2. The van der Waals surface area contributed by atoms with Crippen molar-refractivity contribution >= 4 is 5.97 Å². The molecule has 112 valence electrons. The molecule has 20 heavy (non-hydrogen) atoms. The van der Waals surface area contributed by atoms with E-state index in [0.717, 1.165) is 19.3 Å². The largest absolute Gasteiger partial charge is 0.481 e. The zero-order valence-corrected chi connectivity index (χ0v) is 11.8. The zero-order valence-electron chi connectivity index (χ0n) is 11.8. The molecule has 0 bridgehead atoms. The lowest BCUT2D eigenvalue weighted by atomic mass is 9.73. The Labute approximate surface area is 118 Å². The average molecular weight is 284 g/mol. The van der Waals surface area contributed by atoms with Crippen molar-refractivity contribution in [2.75, 3.05) is 0 Å². The number of rotatable bonds is 4. The number of alkyl halides is 2. The first-order chi connectivity index (χ1) is 9.44. The quantitative estimate of drug-likeness (QED) is 0.829. The maximum Gasteiger partial charge on any atom is 0.310 e. The van der Waals surface area contributed by atoms with Gasteiger partial charge in [-0.25, -0.2) is 8.78 Å². The Hall–Kier alpha value is -1.19. The Balaban J connectivity index is 2.04. The summed E-state index contributed by atoms with van der Waals surface area (Å²) in [5, 5.41) is 8.90. The lowest BCUT2D eigenvalue weighted by Crippen LogP contribution is -2.37. The van der Waals surface area contributed by atoms with Crippen LogP contribution < -0.4 is 0 Å². The minimum Gasteiger partial charge on any atom is -0.481 e. The summed E-state index contributed by atoms with van der Waals surface area (Å²) in [4.78, 5) is 10.9. The van der Waals surface area contributed by atoms with Crippen LogP contribution in [0.2, 0.25) is 0 Å². The van der Waals surface area contributed by atoms with E-state index in [0.29, 0.717) is 18.4 Å². The van der Waals surface area contributed by atoms with Gasteiger partial charge in [0.15, 0.2) is 0 Å². The predicted octanol–water partition coefficient (Wildman–Crippen LogP) is 4.43. The third-order valence-corrected chi connectivity index (χ3v) is 4.48. The first-order valence-electron chi connectivity index (χ1n) is 7.43. The SMILES string of the molecule is CCCC1CCC(C2=CCC(C(=O)O)C=C2)C(F)(F)C1. The monoisotopic (exact) mass is 284 g/mol. The molecule has 1 N–H and O–H groups in total. The second kappa shape index (κ2) is 6.06. The van der Waals surface area contributed by atoms with Crippen molar-refractivity contribution in [3.8, 4) is 0 Å². The molecule has 4 heteroatoms. The van der Waals surface area contributed by atoms with Gasteiger partial charge in [-0.05, 0) is 30.8 Å². The van der Waals surface area contributed by atoms with Crippen LogP contribution in [0.1, 0.15) is 45.4 Å². The Morgan fingerprint density at radius 1 is 1.45 bits per heavy atom. The normalized spacial score (nSPS) is 32.8. The fraction of sp³-hybridized carbons (Fsp3) is 0.688. The van der Waals surface area contributed by atoms with E-state index in [1.165, 1.54) is 0 Å². The molecule has 3 atom stereocenters. The van der Waals surface area contributed by atoms with Gasteiger partial charge in [0.2, 0.25) is 0 Å². The van der Waals surface area contributed by atoms with Crippen LogP contribution in [0.15, 0.2) is 23.8 Å². The first kappa shape index (κ1) is 15.2. The minimum absolute atomic E-state index is 0.0287. The molecule has 3 unspecified atom stereocenters. The standard InChI is InChI=1S/C16H22F2O2/c1-2-3-11-4-9-14(16(17,18)10-11)12-5-7-13(8-6-12)15(19)20/h5-7,11,13-14H,2-4,8-10H2,1H3,(H,19,20). The van der Waals surface area contributed by atoms with Crippen molar-refractivity contribution in [1.82, 2.24) is 0 Å². The van der Waals surface area contributed by atoms with Gasteiger partial charge in [-0.1, -0.05) is 38.0 Å². The van der Waals surface area contributed by atoms with E-state index in [9.17, 15) is 13.6 Å². The number of carbonyl (C=O) groups is 1. The van der Waals surface area contributed by atoms with Crippen molar-refractivity contribution in [1.29, 1.82) is 0 Å². The fourth-order valence-corrected chi connectivity index (χ4v) is 3.39. The third-order valence-electron chi connectivity index (χ3n) is 4.48. The summed E-state index contributed by atoms with van der Waals surface area (Å²) in [5.41, 5.74) is 0.627. The molecule has 2 aliphatic carbocycles. The Morgan fingerprint density at radius 3 is 2.70 bits per heavy atom. The van der Waals surface area contributed by atoms with E-state index < -0.39 is 23.7 Å². The Morgan fingerprint density at radius 2 is 2.20 bits per heavy atom. The molecule has 0 aromatic heterocycles. The van der Waals surface area contributed by atoms with E-state index in [2.05, 4.69) is 0 Å². The van der Waals surface area contributed by atoms with E-state index in [-0.39, 0.29) is 12.3 Å². The summed E-state index contributed by atoms with van der Waals surface area (Å²) in [6.45, 7) is 2.03. The van der Waals surface area contributed by atoms with Crippen LogP contribution in [-0.4, -0.2) is 17.0 Å². The van der Waals surface area contributed by atoms with Crippen LogP contribution in [0.5, 0.6) is 0 Å². The topological polar surface area (TPSA) is 37.3 Å². The summed E-state index contributed by atoms with van der Waals surface area (Å²) in [6.07, 6.45) is 8.31. The second-order valence-corrected chi connectivity index (χ2v) is 5.99. The van der Waals surface area contributed by atoms with Gasteiger partial charge in [-0.15, -0.1) is 0 Å². The van der Waals surface area contributed by atoms with Crippen LogP contribution in [0.3, 0.4) is 0 Å². The number of hydrogen-bond donors (Lipinski definition) is 1. The highest BCUT2D eigenvalue weighted by Crippen LogP contribution is 2.47. The number of hydrogen-bond acceptors (Lipinski definition) is 1. The molecule has 0 aromatic carbocycles. The molecule has 0 aliphatic heterocycles. The molecule has 0 saturated heterocycles. The molecule has 0 radical (unpaired) electrons. The molecule has 1 saturated carbocycles. The smallest absolute Gasteiger partial charge is 0.310 e. The van der Waals surface area contributed by atoms with Crippen LogP contribution in [0.25, 0.3) is 0 Å². The first-order valence-corrected chi connectivity index (χ1v) is 7.43. The molecule has 0 spiro atoms. The van der Waals surface area contributed by atoms with Gasteiger partial charge < -0.3 is 5.11 Å². The van der Waals surface area contributed by atoms with Gasteiger partial charge in [0.1, 0.15) is 0 Å². The second-order valence-electron chi connectivity index (χ2n) is 5.99. The summed E-state index contributed by atoms with van der Waals surface area (Å²) in [7, 11) is 0. The van der Waals surface area contributed by atoms with E-state index in [4.69, 9.17) is 5.11 Å². The fourth-order valence-electron chi connectivity index (χ4n) is 3.39. The molecule has 2 nitrogen and oxygen atoms in total. The number of carboxylic acid groups (broad SMARTS) is 1. The molecule has 2 aliphatic rings.